The summed E-state index contributed by atoms with van der Waals surface area (Å²) in [4.78, 5) is 8.35. The van der Waals surface area contributed by atoms with Gasteiger partial charge < -0.3 is 4.90 Å². The number of halogens is 4. The van der Waals surface area contributed by atoms with Crippen LogP contribution in [-0.4, -0.2) is 56.0 Å². The zero-order valence-corrected chi connectivity index (χ0v) is 19.9. The van der Waals surface area contributed by atoms with Crippen LogP contribution in [0.3, 0.4) is 0 Å². The van der Waals surface area contributed by atoms with Gasteiger partial charge in [-0.1, -0.05) is 6.07 Å². The van der Waals surface area contributed by atoms with Crippen LogP contribution < -0.4 is 4.90 Å². The van der Waals surface area contributed by atoms with Crippen LogP contribution in [0.4, 0.5) is 23.4 Å². The van der Waals surface area contributed by atoms with Gasteiger partial charge in [0.05, 0.1) is 11.3 Å². The van der Waals surface area contributed by atoms with E-state index in [9.17, 15) is 17.6 Å². The summed E-state index contributed by atoms with van der Waals surface area (Å²) in [7, 11) is 3.66. The monoisotopic (exact) mass is 499 g/mol. The molecule has 0 atom stereocenters. The number of anilines is 1. The first kappa shape index (κ1) is 24.1. The second-order valence-electron chi connectivity index (χ2n) is 9.07. The normalized spacial score (nSPS) is 15.2. The van der Waals surface area contributed by atoms with E-state index in [1.807, 2.05) is 31.1 Å². The highest BCUT2D eigenvalue weighted by molar-refractivity contribution is 5.99. The van der Waals surface area contributed by atoms with E-state index in [1.54, 1.807) is 23.3 Å². The summed E-state index contributed by atoms with van der Waals surface area (Å²) in [5.74, 6) is -0.151. The second-order valence-corrected chi connectivity index (χ2v) is 9.07. The Balaban J connectivity index is 1.33. The molecule has 0 saturated carbocycles. The number of aromatic nitrogens is 5. The highest BCUT2D eigenvalue weighted by atomic mass is 19.4. The van der Waals surface area contributed by atoms with E-state index in [-0.39, 0.29) is 18.2 Å². The summed E-state index contributed by atoms with van der Waals surface area (Å²) >= 11 is 0. The molecule has 188 valence electrons. The van der Waals surface area contributed by atoms with Crippen LogP contribution in [0.15, 0.2) is 48.9 Å². The van der Waals surface area contributed by atoms with Crippen molar-refractivity contribution in [3.63, 3.8) is 0 Å². The van der Waals surface area contributed by atoms with Gasteiger partial charge in [-0.25, -0.2) is 4.39 Å². The van der Waals surface area contributed by atoms with Crippen molar-refractivity contribution in [1.29, 1.82) is 0 Å². The third kappa shape index (κ3) is 4.62. The first-order chi connectivity index (χ1) is 17.2. The molecule has 11 heteroatoms. The summed E-state index contributed by atoms with van der Waals surface area (Å²) in [5.41, 5.74) is 0.729. The van der Waals surface area contributed by atoms with Crippen molar-refractivity contribution >= 4 is 16.6 Å². The molecule has 0 amide bonds. The molecule has 4 heterocycles. The fourth-order valence-electron chi connectivity index (χ4n) is 4.88. The molecule has 0 radical (unpaired) electrons. The van der Waals surface area contributed by atoms with Gasteiger partial charge in [0.2, 0.25) is 0 Å². The Morgan fingerprint density at radius 3 is 2.50 bits per heavy atom. The van der Waals surface area contributed by atoms with E-state index in [0.29, 0.717) is 19.2 Å². The number of alkyl halides is 3. The van der Waals surface area contributed by atoms with E-state index in [4.69, 9.17) is 0 Å². The minimum absolute atomic E-state index is 0.0718. The molecule has 0 bridgehead atoms. The fraction of sp³-hybridized carbons (Fsp3) is 0.360. The van der Waals surface area contributed by atoms with Crippen LogP contribution in [-0.2, 0) is 19.8 Å². The van der Waals surface area contributed by atoms with Gasteiger partial charge in [0, 0.05) is 62.1 Å². The predicted molar refractivity (Wildman–Crippen MR) is 128 cm³/mol. The highest BCUT2D eigenvalue weighted by Crippen LogP contribution is 2.35. The minimum Gasteiger partial charge on any atom is -0.354 e. The molecule has 0 unspecified atom stereocenters. The summed E-state index contributed by atoms with van der Waals surface area (Å²) in [5, 5.41) is 15.1. The Labute approximate surface area is 205 Å². The molecule has 0 N–H and O–H groups in total. The largest absolute Gasteiger partial charge is 0.416 e. The van der Waals surface area contributed by atoms with Crippen LogP contribution in [0, 0.1) is 5.82 Å². The first-order valence-electron chi connectivity index (χ1n) is 11.6. The van der Waals surface area contributed by atoms with Gasteiger partial charge in [0.15, 0.2) is 5.82 Å². The zero-order chi connectivity index (χ0) is 25.4. The zero-order valence-electron chi connectivity index (χ0n) is 19.9. The maximum absolute atomic E-state index is 13.5. The van der Waals surface area contributed by atoms with Crippen LogP contribution in [0.5, 0.6) is 0 Å². The first-order valence-corrected chi connectivity index (χ1v) is 11.6. The molecule has 1 fully saturated rings. The van der Waals surface area contributed by atoms with E-state index in [1.165, 1.54) is 6.07 Å². The number of fused-ring (bicyclic) bond motifs is 1. The van der Waals surface area contributed by atoms with Crippen LogP contribution in [0.1, 0.15) is 24.0 Å². The molecule has 5 rings (SSSR count). The standard InChI is InChI=1S/C25H25F4N7/c1-34(15-16-3-4-17(26)13-21(16)25(27,28)29)18-7-11-36(12-8-18)24-20-14-30-9-5-19(20)23(32-33-24)22-6-10-31-35(22)2/h3-6,9-10,13-14,18H,7-8,11-12,15H2,1-2H3. The van der Waals surface area contributed by atoms with E-state index in [2.05, 4.69) is 25.2 Å². The summed E-state index contributed by atoms with van der Waals surface area (Å²) < 4.78 is 55.5. The molecule has 4 aromatic rings. The van der Waals surface area contributed by atoms with E-state index < -0.39 is 17.6 Å². The van der Waals surface area contributed by atoms with E-state index >= 15 is 0 Å². The minimum atomic E-state index is -4.60. The van der Waals surface area contributed by atoms with Gasteiger partial charge >= 0.3 is 6.18 Å². The van der Waals surface area contributed by atoms with Gasteiger partial charge in [-0.15, -0.1) is 10.2 Å². The average molecular weight is 500 g/mol. The maximum atomic E-state index is 13.5. The number of rotatable bonds is 5. The molecule has 3 aromatic heterocycles. The third-order valence-electron chi connectivity index (χ3n) is 6.81. The third-order valence-corrected chi connectivity index (χ3v) is 6.81. The Bertz CT molecular complexity index is 1380. The lowest BCUT2D eigenvalue weighted by atomic mass is 10.0. The number of aryl methyl sites for hydroxylation is 1. The van der Waals surface area contributed by atoms with Crippen LogP contribution in [0.2, 0.25) is 0 Å². The van der Waals surface area contributed by atoms with Gasteiger partial charge in [0.1, 0.15) is 11.5 Å². The van der Waals surface area contributed by atoms with Gasteiger partial charge in [-0.3, -0.25) is 14.6 Å². The Morgan fingerprint density at radius 2 is 1.81 bits per heavy atom. The fourth-order valence-corrected chi connectivity index (χ4v) is 4.88. The van der Waals surface area contributed by atoms with Crippen molar-refractivity contribution in [2.24, 2.45) is 7.05 Å². The smallest absolute Gasteiger partial charge is 0.354 e. The number of pyridine rings is 1. The molecule has 0 aliphatic carbocycles. The number of nitrogens with zero attached hydrogens (tertiary/aromatic N) is 7. The lowest BCUT2D eigenvalue weighted by Crippen LogP contribution is -2.43. The molecular weight excluding hydrogens is 474 g/mol. The molecule has 36 heavy (non-hydrogen) atoms. The number of hydrogen-bond donors (Lipinski definition) is 0. The van der Waals surface area contributed by atoms with Crippen molar-refractivity contribution in [3.05, 3.63) is 65.9 Å². The van der Waals surface area contributed by atoms with Gasteiger partial charge in [0.25, 0.3) is 0 Å². The highest BCUT2D eigenvalue weighted by Gasteiger charge is 2.34. The maximum Gasteiger partial charge on any atom is 0.416 e. The van der Waals surface area contributed by atoms with Crippen LogP contribution >= 0.6 is 0 Å². The van der Waals surface area contributed by atoms with Crippen molar-refractivity contribution < 1.29 is 17.6 Å². The second kappa shape index (κ2) is 9.45. The van der Waals surface area contributed by atoms with E-state index in [0.717, 1.165) is 46.9 Å². The van der Waals surface area contributed by atoms with Crippen molar-refractivity contribution in [2.45, 2.75) is 31.6 Å². The van der Waals surface area contributed by atoms with Gasteiger partial charge in [-0.05, 0) is 49.7 Å². The number of benzene rings is 1. The molecule has 1 aromatic carbocycles. The Morgan fingerprint density at radius 1 is 1.03 bits per heavy atom. The summed E-state index contributed by atoms with van der Waals surface area (Å²) in [6.45, 7) is 1.44. The summed E-state index contributed by atoms with van der Waals surface area (Å²) in [6, 6.07) is 6.75. The lowest BCUT2D eigenvalue weighted by Gasteiger charge is -2.37. The van der Waals surface area contributed by atoms with Gasteiger partial charge in [-0.2, -0.15) is 18.3 Å². The molecule has 1 saturated heterocycles. The predicted octanol–water partition coefficient (Wildman–Crippen LogP) is 4.68. The van der Waals surface area contributed by atoms with Crippen molar-refractivity contribution in [3.8, 4) is 11.4 Å². The molecule has 7 nitrogen and oxygen atoms in total. The quantitative estimate of drug-likeness (QED) is 0.372. The number of hydrogen-bond acceptors (Lipinski definition) is 6. The SMILES string of the molecule is CN(Cc1ccc(F)cc1C(F)(F)F)C1CCN(c2nnc(-c3ccnn3C)c3ccncc23)CC1. The topological polar surface area (TPSA) is 63.0 Å². The molecular formula is C25H25F4N7. The molecule has 0 spiro atoms. The Kier molecular flexibility index (Phi) is 6.33. The van der Waals surface area contributed by atoms with Crippen molar-refractivity contribution in [2.75, 3.05) is 25.0 Å². The average Bonchev–Trinajstić information content (AvgIpc) is 3.29. The van der Waals surface area contributed by atoms with Crippen LogP contribution in [0.25, 0.3) is 22.2 Å². The number of piperidine rings is 1. The molecule has 1 aliphatic rings. The van der Waals surface area contributed by atoms with Crippen molar-refractivity contribution in [1.82, 2.24) is 29.9 Å². The lowest BCUT2D eigenvalue weighted by molar-refractivity contribution is -0.138. The molecule has 1 aliphatic heterocycles. The Hall–Kier alpha value is -3.60. The summed E-state index contributed by atoms with van der Waals surface area (Å²) in [6.07, 6.45) is 2.10.